The maximum absolute atomic E-state index is 14.2. The Kier molecular flexibility index (Phi) is 9.49. The zero-order valence-corrected chi connectivity index (χ0v) is 25.7. The fourth-order valence-electron chi connectivity index (χ4n) is 7.98. The van der Waals surface area contributed by atoms with E-state index in [4.69, 9.17) is 11.6 Å². The molecule has 2 aliphatic carbocycles. The summed E-state index contributed by atoms with van der Waals surface area (Å²) in [5.74, 6) is 1.48. The number of carbonyl (C=O) groups excluding carboxylic acids is 2. The van der Waals surface area contributed by atoms with Crippen molar-refractivity contribution in [2.75, 3.05) is 26.2 Å². The maximum Gasteiger partial charge on any atom is 0.240 e. The third kappa shape index (κ3) is 6.85. The lowest BCUT2D eigenvalue weighted by atomic mass is 9.63. The molecule has 228 valence electrons. The van der Waals surface area contributed by atoms with Crippen molar-refractivity contribution in [1.29, 1.82) is 0 Å². The molecular formula is C33H47ClN6O2. The highest BCUT2D eigenvalue weighted by molar-refractivity contribution is 6.30. The number of hydrogen-bond acceptors (Lipinski definition) is 5. The molecule has 4 aliphatic rings. The smallest absolute Gasteiger partial charge is 0.240 e. The molecule has 2 saturated heterocycles. The Morgan fingerprint density at radius 3 is 2.24 bits per heavy atom. The first-order valence-corrected chi connectivity index (χ1v) is 16.8. The van der Waals surface area contributed by atoms with Gasteiger partial charge in [-0.1, -0.05) is 49.4 Å². The summed E-state index contributed by atoms with van der Waals surface area (Å²) in [4.78, 5) is 35.4. The Morgan fingerprint density at radius 2 is 1.62 bits per heavy atom. The average Bonchev–Trinajstić information content (AvgIpc) is 3.51. The Labute approximate surface area is 255 Å². The maximum atomic E-state index is 14.2. The van der Waals surface area contributed by atoms with E-state index in [-0.39, 0.29) is 29.3 Å². The molecular weight excluding hydrogens is 548 g/mol. The SMILES string of the molecule is O=C(C1CCC1)N1CCC(N[C@H](Cc2ccc(Cl)cc2)C(=O)N2CCC(Cn3cncn3)(C3CCCCC3)CC2)CC1. The monoisotopic (exact) mass is 594 g/mol. The van der Waals surface area contributed by atoms with Crippen LogP contribution >= 0.6 is 11.6 Å². The summed E-state index contributed by atoms with van der Waals surface area (Å²) in [5.41, 5.74) is 1.28. The molecule has 2 aliphatic heterocycles. The Morgan fingerprint density at radius 1 is 0.905 bits per heavy atom. The summed E-state index contributed by atoms with van der Waals surface area (Å²) in [5, 5.41) is 8.94. The number of carbonyl (C=O) groups is 2. The zero-order valence-electron chi connectivity index (χ0n) is 24.9. The number of benzene rings is 1. The lowest BCUT2D eigenvalue weighted by molar-refractivity contribution is -0.140. The summed E-state index contributed by atoms with van der Waals surface area (Å²) in [6.07, 6.45) is 17.7. The van der Waals surface area contributed by atoms with E-state index >= 15 is 0 Å². The molecule has 1 aromatic heterocycles. The van der Waals surface area contributed by atoms with Crippen LogP contribution in [-0.4, -0.2) is 74.6 Å². The highest BCUT2D eigenvalue weighted by atomic mass is 35.5. The number of hydrogen-bond donors (Lipinski definition) is 1. The summed E-state index contributed by atoms with van der Waals surface area (Å²) < 4.78 is 2.01. The number of likely N-dealkylation sites (tertiary alicyclic amines) is 2. The normalized spacial score (nSPS) is 23.0. The van der Waals surface area contributed by atoms with Gasteiger partial charge >= 0.3 is 0 Å². The van der Waals surface area contributed by atoms with Crippen LogP contribution in [0.2, 0.25) is 5.02 Å². The van der Waals surface area contributed by atoms with E-state index < -0.39 is 0 Å². The van der Waals surface area contributed by atoms with Gasteiger partial charge < -0.3 is 15.1 Å². The molecule has 42 heavy (non-hydrogen) atoms. The molecule has 2 amide bonds. The van der Waals surface area contributed by atoms with Crippen LogP contribution in [0, 0.1) is 17.3 Å². The quantitative estimate of drug-likeness (QED) is 0.436. The standard InChI is InChI=1S/C33H47ClN6O2/c34-28-11-9-25(10-12-28)21-30(37-29-13-17-38(18-14-29)31(41)26-5-4-6-26)32(42)39-19-15-33(16-20-39,22-40-24-35-23-36-40)27-7-2-1-3-8-27/h9-12,23-24,26-27,29-30,37H,1-8,13-22H2/t30-/m1/s1. The molecule has 4 fully saturated rings. The van der Waals surface area contributed by atoms with Crippen LogP contribution in [0.4, 0.5) is 0 Å². The number of halogens is 1. The van der Waals surface area contributed by atoms with E-state index in [0.29, 0.717) is 23.3 Å². The Hall–Kier alpha value is -2.45. The van der Waals surface area contributed by atoms with Gasteiger partial charge in [-0.3, -0.25) is 14.3 Å². The molecule has 0 unspecified atom stereocenters. The van der Waals surface area contributed by atoms with Gasteiger partial charge in [0.1, 0.15) is 12.7 Å². The number of rotatable bonds is 9. The number of piperidine rings is 2. The van der Waals surface area contributed by atoms with Gasteiger partial charge in [0.05, 0.1) is 6.04 Å². The van der Waals surface area contributed by atoms with Crippen molar-refractivity contribution in [2.45, 2.75) is 102 Å². The van der Waals surface area contributed by atoms with Crippen LogP contribution in [0.25, 0.3) is 0 Å². The first-order valence-electron chi connectivity index (χ1n) is 16.4. The molecule has 0 radical (unpaired) electrons. The molecule has 1 atom stereocenters. The molecule has 0 spiro atoms. The predicted molar refractivity (Wildman–Crippen MR) is 164 cm³/mol. The highest BCUT2D eigenvalue weighted by Crippen LogP contribution is 2.47. The lowest BCUT2D eigenvalue weighted by Crippen LogP contribution is -2.57. The second-order valence-corrected chi connectivity index (χ2v) is 13.8. The van der Waals surface area contributed by atoms with Gasteiger partial charge in [0, 0.05) is 49.7 Å². The predicted octanol–water partition coefficient (Wildman–Crippen LogP) is 5.11. The van der Waals surface area contributed by atoms with E-state index in [1.165, 1.54) is 38.5 Å². The minimum Gasteiger partial charge on any atom is -0.342 e. The van der Waals surface area contributed by atoms with Crippen LogP contribution < -0.4 is 5.32 Å². The van der Waals surface area contributed by atoms with E-state index in [1.807, 2.05) is 35.3 Å². The molecule has 2 aromatic rings. The van der Waals surface area contributed by atoms with Gasteiger partial charge in [0.15, 0.2) is 0 Å². The number of amides is 2. The van der Waals surface area contributed by atoms with Gasteiger partial charge in [-0.25, -0.2) is 4.98 Å². The van der Waals surface area contributed by atoms with Crippen molar-refractivity contribution in [2.24, 2.45) is 17.3 Å². The van der Waals surface area contributed by atoms with Crippen molar-refractivity contribution < 1.29 is 9.59 Å². The van der Waals surface area contributed by atoms with Crippen molar-refractivity contribution in [1.82, 2.24) is 29.9 Å². The average molecular weight is 595 g/mol. The van der Waals surface area contributed by atoms with Gasteiger partial charge in [-0.15, -0.1) is 0 Å². The van der Waals surface area contributed by atoms with Gasteiger partial charge in [-0.05, 0) is 86.8 Å². The second kappa shape index (κ2) is 13.5. The number of aromatic nitrogens is 3. The summed E-state index contributed by atoms with van der Waals surface area (Å²) in [6.45, 7) is 4.04. The molecule has 3 heterocycles. The summed E-state index contributed by atoms with van der Waals surface area (Å²) >= 11 is 6.17. The van der Waals surface area contributed by atoms with Crippen LogP contribution in [0.15, 0.2) is 36.9 Å². The van der Waals surface area contributed by atoms with Crippen molar-refractivity contribution in [3.8, 4) is 0 Å². The highest BCUT2D eigenvalue weighted by Gasteiger charge is 2.44. The molecule has 2 saturated carbocycles. The first-order chi connectivity index (χ1) is 20.5. The minimum absolute atomic E-state index is 0.170. The van der Waals surface area contributed by atoms with E-state index in [2.05, 4.69) is 25.2 Å². The molecule has 1 N–H and O–H groups in total. The van der Waals surface area contributed by atoms with Crippen molar-refractivity contribution in [3.63, 3.8) is 0 Å². The third-order valence-electron chi connectivity index (χ3n) is 10.8. The molecule has 0 bridgehead atoms. The lowest BCUT2D eigenvalue weighted by Gasteiger charge is -2.48. The summed E-state index contributed by atoms with van der Waals surface area (Å²) in [7, 11) is 0. The summed E-state index contributed by atoms with van der Waals surface area (Å²) in [6, 6.07) is 7.83. The van der Waals surface area contributed by atoms with Crippen molar-refractivity contribution >= 4 is 23.4 Å². The van der Waals surface area contributed by atoms with E-state index in [0.717, 1.165) is 76.8 Å². The van der Waals surface area contributed by atoms with E-state index in [1.54, 1.807) is 6.33 Å². The Bertz CT molecular complexity index is 1160. The van der Waals surface area contributed by atoms with E-state index in [9.17, 15) is 9.59 Å². The van der Waals surface area contributed by atoms with Crippen LogP contribution in [-0.2, 0) is 22.6 Å². The second-order valence-electron chi connectivity index (χ2n) is 13.4. The van der Waals surface area contributed by atoms with Gasteiger partial charge in [0.2, 0.25) is 11.8 Å². The fraction of sp³-hybridized carbons (Fsp3) is 0.697. The minimum atomic E-state index is -0.289. The fourth-order valence-corrected chi connectivity index (χ4v) is 8.10. The first kappa shape index (κ1) is 29.6. The van der Waals surface area contributed by atoms with Crippen LogP contribution in [0.1, 0.15) is 82.6 Å². The molecule has 9 heteroatoms. The van der Waals surface area contributed by atoms with Crippen LogP contribution in [0.3, 0.4) is 0 Å². The third-order valence-corrected chi connectivity index (χ3v) is 11.1. The van der Waals surface area contributed by atoms with Gasteiger partial charge in [0.25, 0.3) is 0 Å². The van der Waals surface area contributed by atoms with Crippen LogP contribution in [0.5, 0.6) is 0 Å². The molecule has 6 rings (SSSR count). The van der Waals surface area contributed by atoms with Gasteiger partial charge in [-0.2, -0.15) is 5.10 Å². The number of nitrogens with one attached hydrogen (secondary N) is 1. The number of nitrogens with zero attached hydrogens (tertiary/aromatic N) is 5. The largest absolute Gasteiger partial charge is 0.342 e. The van der Waals surface area contributed by atoms with Crippen molar-refractivity contribution in [3.05, 3.63) is 47.5 Å². The zero-order chi connectivity index (χ0) is 28.9. The molecule has 8 nitrogen and oxygen atoms in total. The Balaban J connectivity index is 1.12. The topological polar surface area (TPSA) is 83.4 Å². The molecule has 1 aromatic carbocycles.